The number of hydrogen-bond acceptors (Lipinski definition) is 1. The fourth-order valence-corrected chi connectivity index (χ4v) is 3.99. The zero-order valence-corrected chi connectivity index (χ0v) is 12.5. The molecule has 2 aliphatic rings. The molecule has 1 amide bonds. The van der Waals surface area contributed by atoms with Crippen molar-refractivity contribution in [3.8, 4) is 0 Å². The summed E-state index contributed by atoms with van der Waals surface area (Å²) in [6, 6.07) is 8.00. The highest BCUT2D eigenvalue weighted by Crippen LogP contribution is 2.52. The maximum atomic E-state index is 13.5. The number of carbonyl (C=O) groups excluding carboxylic acids is 1. The summed E-state index contributed by atoms with van der Waals surface area (Å²) in [6.45, 7) is 3.71. The molecule has 0 bridgehead atoms. The van der Waals surface area contributed by atoms with Crippen molar-refractivity contribution in [2.45, 2.75) is 58.0 Å². The Morgan fingerprint density at radius 2 is 2.14 bits per heavy atom. The Morgan fingerprint density at radius 1 is 1.38 bits per heavy atom. The quantitative estimate of drug-likeness (QED) is 0.822. The van der Waals surface area contributed by atoms with Crippen LogP contribution in [0.2, 0.25) is 0 Å². The molecule has 2 fully saturated rings. The van der Waals surface area contributed by atoms with E-state index in [1.807, 2.05) is 25.1 Å². The van der Waals surface area contributed by atoms with Gasteiger partial charge in [0.05, 0.1) is 6.04 Å². The van der Waals surface area contributed by atoms with Gasteiger partial charge >= 0.3 is 0 Å². The van der Waals surface area contributed by atoms with Gasteiger partial charge in [-0.05, 0) is 38.2 Å². The fourth-order valence-electron chi connectivity index (χ4n) is 3.99. The number of amides is 1. The molecule has 0 spiro atoms. The molecule has 0 N–H and O–H groups in total. The van der Waals surface area contributed by atoms with Crippen molar-refractivity contribution >= 4 is 5.91 Å². The summed E-state index contributed by atoms with van der Waals surface area (Å²) in [7, 11) is 0. The van der Waals surface area contributed by atoms with E-state index in [1.54, 1.807) is 11.8 Å². The van der Waals surface area contributed by atoms with Crippen LogP contribution in [-0.2, 0) is 4.79 Å². The minimum atomic E-state index is -2.57. The molecule has 21 heavy (non-hydrogen) atoms. The molecule has 2 aliphatic heterocycles. The van der Waals surface area contributed by atoms with Crippen LogP contribution in [0.25, 0.3) is 0 Å². The normalized spacial score (nSPS) is 32.0. The number of hydrogen-bond donors (Lipinski definition) is 0. The average molecular weight is 293 g/mol. The van der Waals surface area contributed by atoms with Crippen LogP contribution in [0.1, 0.15) is 49.8 Å². The highest BCUT2D eigenvalue weighted by atomic mass is 19.3. The van der Waals surface area contributed by atoms with Crippen LogP contribution in [0, 0.1) is 12.3 Å². The van der Waals surface area contributed by atoms with Crippen molar-refractivity contribution in [2.24, 2.45) is 5.41 Å². The number of rotatable bonds is 3. The lowest BCUT2D eigenvalue weighted by Crippen LogP contribution is -2.40. The third-order valence-corrected chi connectivity index (χ3v) is 5.24. The Bertz CT molecular complexity index is 559. The van der Waals surface area contributed by atoms with Gasteiger partial charge < -0.3 is 4.90 Å². The number of fused-ring (bicyclic) bond motifs is 1. The minimum Gasteiger partial charge on any atom is -0.332 e. The van der Waals surface area contributed by atoms with Gasteiger partial charge in [0.25, 0.3) is 6.43 Å². The van der Waals surface area contributed by atoms with Crippen molar-refractivity contribution in [1.82, 2.24) is 4.90 Å². The molecule has 3 rings (SSSR count). The molecule has 0 aliphatic carbocycles. The van der Waals surface area contributed by atoms with Gasteiger partial charge in [-0.15, -0.1) is 0 Å². The molecule has 2 heterocycles. The first-order valence-corrected chi connectivity index (χ1v) is 7.67. The van der Waals surface area contributed by atoms with Crippen LogP contribution >= 0.6 is 0 Å². The number of alkyl halides is 2. The van der Waals surface area contributed by atoms with Gasteiger partial charge in [-0.25, -0.2) is 8.78 Å². The van der Waals surface area contributed by atoms with Crippen LogP contribution in [0.5, 0.6) is 0 Å². The van der Waals surface area contributed by atoms with Crippen LogP contribution in [0.3, 0.4) is 0 Å². The molecule has 0 radical (unpaired) electrons. The first-order chi connectivity index (χ1) is 9.99. The van der Waals surface area contributed by atoms with Crippen molar-refractivity contribution < 1.29 is 13.6 Å². The lowest BCUT2D eigenvalue weighted by atomic mass is 9.81. The van der Waals surface area contributed by atoms with E-state index >= 15 is 0 Å². The van der Waals surface area contributed by atoms with Crippen LogP contribution in [0.15, 0.2) is 24.3 Å². The van der Waals surface area contributed by atoms with E-state index in [1.165, 1.54) is 0 Å². The lowest BCUT2D eigenvalue weighted by molar-refractivity contribution is -0.146. The third-order valence-electron chi connectivity index (χ3n) is 5.24. The molecule has 2 nitrogen and oxygen atoms in total. The summed E-state index contributed by atoms with van der Waals surface area (Å²) in [6.07, 6.45) is -0.333. The summed E-state index contributed by atoms with van der Waals surface area (Å²) in [5.41, 5.74) is 0.762. The molecule has 114 valence electrons. The van der Waals surface area contributed by atoms with Crippen molar-refractivity contribution in [3.63, 3.8) is 0 Å². The Labute approximate surface area is 124 Å². The fraction of sp³-hybridized carbons (Fsp3) is 0.588. The molecule has 1 aromatic carbocycles. The highest BCUT2D eigenvalue weighted by Gasteiger charge is 2.59. The van der Waals surface area contributed by atoms with Gasteiger partial charge in [-0.1, -0.05) is 36.8 Å². The van der Waals surface area contributed by atoms with E-state index in [9.17, 15) is 13.6 Å². The maximum Gasteiger partial charge on any atom is 0.252 e. The van der Waals surface area contributed by atoms with Crippen LogP contribution in [-0.4, -0.2) is 23.3 Å². The first kappa shape index (κ1) is 14.5. The molecule has 2 saturated heterocycles. The van der Waals surface area contributed by atoms with Gasteiger partial charge in [0.1, 0.15) is 5.41 Å². The Balaban J connectivity index is 1.94. The smallest absolute Gasteiger partial charge is 0.252 e. The van der Waals surface area contributed by atoms with Gasteiger partial charge in [0, 0.05) is 6.04 Å². The third kappa shape index (κ3) is 2.07. The van der Waals surface area contributed by atoms with E-state index in [2.05, 4.69) is 6.07 Å². The standard InChI is InChI=1S/C17H21F2NO/c1-3-17(15(18)19)10-13-7-8-14(20(13)16(17)21)12-6-4-5-11(2)9-12/h4-6,9,13-15H,3,7-8,10H2,1-2H3/t13-,14+,17?/m1/s1. The van der Waals surface area contributed by atoms with Crippen molar-refractivity contribution in [2.75, 3.05) is 0 Å². The van der Waals surface area contributed by atoms with E-state index in [-0.39, 0.29) is 24.4 Å². The van der Waals surface area contributed by atoms with Gasteiger partial charge in [0.2, 0.25) is 5.91 Å². The topological polar surface area (TPSA) is 20.3 Å². The predicted molar refractivity (Wildman–Crippen MR) is 77.1 cm³/mol. The zero-order valence-electron chi connectivity index (χ0n) is 12.5. The SMILES string of the molecule is CCC1(C(F)F)C[C@H]2CC[C@@H](c3cccc(C)c3)N2C1=O. The maximum absolute atomic E-state index is 13.5. The van der Waals surface area contributed by atoms with E-state index < -0.39 is 11.8 Å². The number of halogens is 2. The number of nitrogens with zero attached hydrogens (tertiary/aromatic N) is 1. The van der Waals surface area contributed by atoms with Gasteiger partial charge in [-0.3, -0.25) is 4.79 Å². The largest absolute Gasteiger partial charge is 0.332 e. The van der Waals surface area contributed by atoms with Crippen molar-refractivity contribution in [3.05, 3.63) is 35.4 Å². The second-order valence-electron chi connectivity index (χ2n) is 6.39. The van der Waals surface area contributed by atoms with E-state index in [4.69, 9.17) is 0 Å². The average Bonchev–Trinajstić information content (AvgIpc) is 2.98. The molecular formula is C17H21F2NO. The Hall–Kier alpha value is -1.45. The first-order valence-electron chi connectivity index (χ1n) is 7.67. The van der Waals surface area contributed by atoms with E-state index in [0.29, 0.717) is 6.42 Å². The summed E-state index contributed by atoms with van der Waals surface area (Å²) >= 11 is 0. The number of aryl methyl sites for hydroxylation is 1. The summed E-state index contributed by atoms with van der Waals surface area (Å²) in [5.74, 6) is -0.339. The molecule has 4 heteroatoms. The zero-order chi connectivity index (χ0) is 15.2. The Morgan fingerprint density at radius 3 is 2.76 bits per heavy atom. The van der Waals surface area contributed by atoms with E-state index in [0.717, 1.165) is 24.0 Å². The summed E-state index contributed by atoms with van der Waals surface area (Å²) < 4.78 is 27.0. The second kappa shape index (κ2) is 5.08. The molecule has 1 unspecified atom stereocenters. The van der Waals surface area contributed by atoms with Crippen LogP contribution in [0.4, 0.5) is 8.78 Å². The lowest BCUT2D eigenvalue weighted by Gasteiger charge is -2.29. The molecule has 3 atom stereocenters. The summed E-state index contributed by atoms with van der Waals surface area (Å²) in [4.78, 5) is 14.5. The van der Waals surface area contributed by atoms with Crippen LogP contribution < -0.4 is 0 Å². The van der Waals surface area contributed by atoms with Gasteiger partial charge in [-0.2, -0.15) is 0 Å². The molecular weight excluding hydrogens is 272 g/mol. The van der Waals surface area contributed by atoms with Crippen molar-refractivity contribution in [1.29, 1.82) is 0 Å². The Kier molecular flexibility index (Phi) is 3.50. The predicted octanol–water partition coefficient (Wildman–Crippen LogP) is 4.09. The molecule has 1 aromatic rings. The number of carbonyl (C=O) groups is 1. The van der Waals surface area contributed by atoms with Gasteiger partial charge in [0.15, 0.2) is 0 Å². The number of benzene rings is 1. The molecule has 0 saturated carbocycles. The molecule has 0 aromatic heterocycles. The monoisotopic (exact) mass is 293 g/mol. The second-order valence-corrected chi connectivity index (χ2v) is 6.39. The minimum absolute atomic E-state index is 0.0167. The summed E-state index contributed by atoms with van der Waals surface area (Å²) in [5, 5.41) is 0. The highest BCUT2D eigenvalue weighted by molar-refractivity contribution is 5.86.